The van der Waals surface area contributed by atoms with Gasteiger partial charge >= 0.3 is 0 Å². The van der Waals surface area contributed by atoms with Crippen molar-refractivity contribution in [2.45, 2.75) is 26.8 Å². The molecule has 1 amide bonds. The fourth-order valence-corrected chi connectivity index (χ4v) is 2.60. The molecule has 0 fully saturated rings. The first-order valence-corrected chi connectivity index (χ1v) is 8.71. The maximum atomic E-state index is 11.4. The molecule has 0 radical (unpaired) electrons. The number of hydrogen-bond donors (Lipinski definition) is 3. The number of benzene rings is 1. The van der Waals surface area contributed by atoms with Crippen molar-refractivity contribution in [3.8, 4) is 5.95 Å². The van der Waals surface area contributed by atoms with Crippen molar-refractivity contribution in [3.63, 3.8) is 0 Å². The molecule has 2 heterocycles. The molecule has 4 N–H and O–H groups in total. The topological polar surface area (TPSA) is 111 Å². The standard InChI is InChI=1S/C18H20ClN7O/c1-10-8-11(2)26(25-10)18-23-15(21-12(3)17(20)27)9-16(24-18)22-14-6-4-13(19)5-7-14/h4-9,12H,1-3H3,(H2,20,27)(H2,21,22,23,24). The third-order valence-corrected chi connectivity index (χ3v) is 4.07. The van der Waals surface area contributed by atoms with Crippen LogP contribution in [0, 0.1) is 13.8 Å². The van der Waals surface area contributed by atoms with Crippen molar-refractivity contribution >= 4 is 34.8 Å². The Morgan fingerprint density at radius 2 is 1.81 bits per heavy atom. The van der Waals surface area contributed by atoms with Gasteiger partial charge < -0.3 is 16.4 Å². The van der Waals surface area contributed by atoms with E-state index in [1.165, 1.54) is 0 Å². The number of aromatic nitrogens is 4. The number of carbonyl (C=O) groups excluding carboxylic acids is 1. The van der Waals surface area contributed by atoms with Gasteiger partial charge in [-0.2, -0.15) is 15.1 Å². The van der Waals surface area contributed by atoms with E-state index >= 15 is 0 Å². The Morgan fingerprint density at radius 1 is 1.15 bits per heavy atom. The summed E-state index contributed by atoms with van der Waals surface area (Å²) in [4.78, 5) is 20.4. The van der Waals surface area contributed by atoms with Crippen LogP contribution >= 0.6 is 11.6 Å². The van der Waals surface area contributed by atoms with Crippen LogP contribution in [0.4, 0.5) is 17.3 Å². The monoisotopic (exact) mass is 385 g/mol. The number of nitrogens with zero attached hydrogens (tertiary/aromatic N) is 4. The lowest BCUT2D eigenvalue weighted by Gasteiger charge is -2.14. The number of rotatable bonds is 6. The zero-order valence-electron chi connectivity index (χ0n) is 15.2. The minimum Gasteiger partial charge on any atom is -0.368 e. The van der Waals surface area contributed by atoms with Crippen LogP contribution in [0.25, 0.3) is 5.95 Å². The molecule has 0 saturated carbocycles. The second-order valence-electron chi connectivity index (χ2n) is 6.18. The maximum Gasteiger partial charge on any atom is 0.254 e. The highest BCUT2D eigenvalue weighted by Crippen LogP contribution is 2.21. The van der Waals surface area contributed by atoms with E-state index in [0.717, 1.165) is 17.1 Å². The molecule has 0 bridgehead atoms. The van der Waals surface area contributed by atoms with Gasteiger partial charge in [-0.1, -0.05) is 11.6 Å². The van der Waals surface area contributed by atoms with E-state index < -0.39 is 11.9 Å². The molecule has 140 valence electrons. The van der Waals surface area contributed by atoms with Gasteiger partial charge in [0.25, 0.3) is 5.95 Å². The minimum atomic E-state index is -0.586. The van der Waals surface area contributed by atoms with E-state index in [1.54, 1.807) is 29.8 Å². The number of nitrogens with one attached hydrogen (secondary N) is 2. The third-order valence-electron chi connectivity index (χ3n) is 3.82. The van der Waals surface area contributed by atoms with Gasteiger partial charge in [0, 0.05) is 22.5 Å². The molecular formula is C18H20ClN7O. The van der Waals surface area contributed by atoms with Crippen molar-refractivity contribution < 1.29 is 4.79 Å². The number of nitrogens with two attached hydrogens (primary N) is 1. The molecule has 8 nitrogen and oxygen atoms in total. The maximum absolute atomic E-state index is 11.4. The Kier molecular flexibility index (Phi) is 5.27. The highest BCUT2D eigenvalue weighted by molar-refractivity contribution is 6.30. The number of hydrogen-bond acceptors (Lipinski definition) is 6. The summed E-state index contributed by atoms with van der Waals surface area (Å²) in [5, 5.41) is 11.3. The van der Waals surface area contributed by atoms with Crippen molar-refractivity contribution in [2.75, 3.05) is 10.6 Å². The summed E-state index contributed by atoms with van der Waals surface area (Å²) in [7, 11) is 0. The van der Waals surface area contributed by atoms with Crippen molar-refractivity contribution in [1.82, 2.24) is 19.7 Å². The van der Waals surface area contributed by atoms with E-state index in [9.17, 15) is 4.79 Å². The number of amides is 1. The van der Waals surface area contributed by atoms with Gasteiger partial charge in [0.05, 0.1) is 5.69 Å². The average Bonchev–Trinajstić information content (AvgIpc) is 2.95. The molecule has 0 saturated heterocycles. The van der Waals surface area contributed by atoms with Crippen LogP contribution in [0.3, 0.4) is 0 Å². The van der Waals surface area contributed by atoms with E-state index in [-0.39, 0.29) is 0 Å². The number of primary amides is 1. The molecule has 27 heavy (non-hydrogen) atoms. The van der Waals surface area contributed by atoms with Crippen LogP contribution in [-0.2, 0) is 4.79 Å². The van der Waals surface area contributed by atoms with E-state index in [1.807, 2.05) is 32.0 Å². The summed E-state index contributed by atoms with van der Waals surface area (Å²) in [5.74, 6) is 0.886. The fraction of sp³-hybridized carbons (Fsp3) is 0.222. The average molecular weight is 386 g/mol. The second kappa shape index (κ2) is 7.63. The summed E-state index contributed by atoms with van der Waals surface area (Å²) in [6.45, 7) is 5.48. The Hall–Kier alpha value is -3.13. The van der Waals surface area contributed by atoms with Crippen LogP contribution in [0.15, 0.2) is 36.4 Å². The number of anilines is 3. The molecule has 1 atom stereocenters. The van der Waals surface area contributed by atoms with Crippen LogP contribution in [-0.4, -0.2) is 31.7 Å². The summed E-state index contributed by atoms with van der Waals surface area (Å²) in [6, 6.07) is 10.3. The van der Waals surface area contributed by atoms with Crippen LogP contribution in [0.2, 0.25) is 5.02 Å². The molecule has 0 aliphatic carbocycles. The van der Waals surface area contributed by atoms with E-state index in [2.05, 4.69) is 25.7 Å². The summed E-state index contributed by atoms with van der Waals surface area (Å²) < 4.78 is 1.64. The number of carbonyl (C=O) groups is 1. The third kappa shape index (κ3) is 4.53. The molecular weight excluding hydrogens is 366 g/mol. The molecule has 9 heteroatoms. The van der Waals surface area contributed by atoms with E-state index in [4.69, 9.17) is 17.3 Å². The van der Waals surface area contributed by atoms with Gasteiger partial charge in [0.1, 0.15) is 17.7 Å². The molecule has 0 aliphatic rings. The number of halogens is 1. The zero-order valence-corrected chi connectivity index (χ0v) is 15.9. The number of aryl methyl sites for hydroxylation is 2. The summed E-state index contributed by atoms with van der Waals surface area (Å²) in [6.07, 6.45) is 0. The fourth-order valence-electron chi connectivity index (χ4n) is 2.47. The predicted molar refractivity (Wildman–Crippen MR) is 106 cm³/mol. The SMILES string of the molecule is Cc1cc(C)n(-c2nc(Nc3ccc(Cl)cc3)cc(NC(C)C(N)=O)n2)n1. The first-order chi connectivity index (χ1) is 12.8. The Morgan fingerprint density at radius 3 is 2.41 bits per heavy atom. The molecule has 2 aromatic heterocycles. The van der Waals surface area contributed by atoms with Crippen molar-refractivity contribution in [1.29, 1.82) is 0 Å². The van der Waals surface area contributed by atoms with Crippen LogP contribution < -0.4 is 16.4 Å². The van der Waals surface area contributed by atoms with Crippen LogP contribution in [0.5, 0.6) is 0 Å². The summed E-state index contributed by atoms with van der Waals surface area (Å²) in [5.41, 5.74) is 7.90. The van der Waals surface area contributed by atoms with Crippen LogP contribution in [0.1, 0.15) is 18.3 Å². The van der Waals surface area contributed by atoms with Gasteiger partial charge in [-0.3, -0.25) is 4.79 Å². The normalized spacial score (nSPS) is 11.9. The Bertz CT molecular complexity index is 968. The lowest BCUT2D eigenvalue weighted by Crippen LogP contribution is -2.33. The van der Waals surface area contributed by atoms with Gasteiger partial charge in [-0.15, -0.1) is 0 Å². The highest BCUT2D eigenvalue weighted by Gasteiger charge is 2.14. The molecule has 0 spiro atoms. The quantitative estimate of drug-likeness (QED) is 0.601. The van der Waals surface area contributed by atoms with Crippen molar-refractivity contribution in [2.24, 2.45) is 5.73 Å². The summed E-state index contributed by atoms with van der Waals surface area (Å²) >= 11 is 5.93. The van der Waals surface area contributed by atoms with Crippen molar-refractivity contribution in [3.05, 3.63) is 52.8 Å². The van der Waals surface area contributed by atoms with Gasteiger partial charge in [-0.25, -0.2) is 4.68 Å². The first kappa shape index (κ1) is 18.7. The smallest absolute Gasteiger partial charge is 0.254 e. The van der Waals surface area contributed by atoms with E-state index in [0.29, 0.717) is 22.6 Å². The minimum absolute atomic E-state index is 0.374. The lowest BCUT2D eigenvalue weighted by atomic mass is 10.3. The highest BCUT2D eigenvalue weighted by atomic mass is 35.5. The second-order valence-corrected chi connectivity index (χ2v) is 6.61. The largest absolute Gasteiger partial charge is 0.368 e. The van der Waals surface area contributed by atoms with Gasteiger partial charge in [-0.05, 0) is 51.1 Å². The molecule has 3 aromatic rings. The zero-order chi connectivity index (χ0) is 19.6. The lowest BCUT2D eigenvalue weighted by molar-refractivity contribution is -0.118. The Labute approximate surface area is 161 Å². The predicted octanol–water partition coefficient (Wildman–Crippen LogP) is 2.96. The van der Waals surface area contributed by atoms with Gasteiger partial charge in [0.2, 0.25) is 5.91 Å². The first-order valence-electron chi connectivity index (χ1n) is 8.33. The van der Waals surface area contributed by atoms with Gasteiger partial charge in [0.15, 0.2) is 0 Å². The Balaban J connectivity index is 2.00. The molecule has 1 aromatic carbocycles. The molecule has 3 rings (SSSR count). The molecule has 0 aliphatic heterocycles. The molecule has 1 unspecified atom stereocenters.